The molecule has 0 aliphatic heterocycles. The molecule has 160 valence electrons. The number of rotatable bonds is 9. The van der Waals surface area contributed by atoms with Crippen LogP contribution in [0.2, 0.25) is 0 Å². The summed E-state index contributed by atoms with van der Waals surface area (Å²) in [6.07, 6.45) is 22.8. The summed E-state index contributed by atoms with van der Waals surface area (Å²) in [6.45, 7) is 18.1. The van der Waals surface area contributed by atoms with Crippen LogP contribution in [0.1, 0.15) is 71.6 Å². The van der Waals surface area contributed by atoms with Crippen LogP contribution < -0.4 is 0 Å². The SMILES string of the molecule is BC1=CCCC(CC2C=C(C(=C)C(=C)CCC(CC)CC)C(=C)C3CC=CC[C@H]23)=C1. The van der Waals surface area contributed by atoms with E-state index in [1.807, 2.05) is 0 Å². The van der Waals surface area contributed by atoms with Crippen LogP contribution in [0.15, 0.2) is 83.5 Å². The van der Waals surface area contributed by atoms with E-state index in [0.29, 0.717) is 17.8 Å². The van der Waals surface area contributed by atoms with Crippen molar-refractivity contribution in [2.45, 2.75) is 71.6 Å². The Morgan fingerprint density at radius 1 is 1.17 bits per heavy atom. The molecule has 3 atom stereocenters. The van der Waals surface area contributed by atoms with Gasteiger partial charge in [-0.15, -0.1) is 0 Å². The van der Waals surface area contributed by atoms with Crippen LogP contribution in [0.5, 0.6) is 0 Å². The Labute approximate surface area is 186 Å². The molecule has 1 heteroatoms. The first-order chi connectivity index (χ1) is 14.4. The van der Waals surface area contributed by atoms with E-state index >= 15 is 0 Å². The second kappa shape index (κ2) is 10.5. The standard InChI is InChI=1S/C29H41B/c1-6-23(7-2)16-15-20(3)21(4)29-19-25(17-24-11-10-12-26(30)18-24)28-14-9-8-13-27(28)22(29)5/h8-9,12,18-19,23,25,27-28H,3-7,10-11,13-17,30H2,1-2H3/t25?,27?,28-/m1/s1. The van der Waals surface area contributed by atoms with Gasteiger partial charge in [0.25, 0.3) is 0 Å². The van der Waals surface area contributed by atoms with Gasteiger partial charge in [0.2, 0.25) is 0 Å². The van der Waals surface area contributed by atoms with Gasteiger partial charge in [0, 0.05) is 0 Å². The quantitative estimate of drug-likeness (QED) is 0.212. The molecule has 0 bridgehead atoms. The first-order valence-electron chi connectivity index (χ1n) is 12.2. The molecule has 0 nitrogen and oxygen atoms in total. The van der Waals surface area contributed by atoms with Crippen LogP contribution in [0.3, 0.4) is 0 Å². The fourth-order valence-electron chi connectivity index (χ4n) is 5.68. The van der Waals surface area contributed by atoms with Crippen molar-refractivity contribution in [3.8, 4) is 0 Å². The second-order valence-corrected chi connectivity index (χ2v) is 9.78. The monoisotopic (exact) mass is 400 g/mol. The van der Waals surface area contributed by atoms with E-state index in [1.165, 1.54) is 67.1 Å². The van der Waals surface area contributed by atoms with Gasteiger partial charge in [-0.3, -0.25) is 0 Å². The summed E-state index contributed by atoms with van der Waals surface area (Å²) in [5.41, 5.74) is 8.04. The highest BCUT2D eigenvalue weighted by Gasteiger charge is 2.36. The highest BCUT2D eigenvalue weighted by atomic mass is 14.4. The van der Waals surface area contributed by atoms with Crippen molar-refractivity contribution in [1.29, 1.82) is 0 Å². The third-order valence-electron chi connectivity index (χ3n) is 7.83. The van der Waals surface area contributed by atoms with Gasteiger partial charge in [0.15, 0.2) is 0 Å². The molecule has 0 aromatic carbocycles. The summed E-state index contributed by atoms with van der Waals surface area (Å²) in [4.78, 5) is 0. The largest absolute Gasteiger partial charge is 0.138 e. The Morgan fingerprint density at radius 2 is 1.90 bits per heavy atom. The lowest BCUT2D eigenvalue weighted by molar-refractivity contribution is 0.273. The van der Waals surface area contributed by atoms with Gasteiger partial charge in [-0.05, 0) is 90.9 Å². The van der Waals surface area contributed by atoms with Crippen molar-refractivity contribution < 1.29 is 0 Å². The first-order valence-corrected chi connectivity index (χ1v) is 12.2. The van der Waals surface area contributed by atoms with Gasteiger partial charge in [-0.1, -0.05) is 87.9 Å². The van der Waals surface area contributed by atoms with Crippen LogP contribution in [0, 0.1) is 23.7 Å². The predicted octanol–water partition coefficient (Wildman–Crippen LogP) is 7.64. The summed E-state index contributed by atoms with van der Waals surface area (Å²) in [5, 5.41) is 0. The molecular formula is C29H41B. The third-order valence-corrected chi connectivity index (χ3v) is 7.83. The summed E-state index contributed by atoms with van der Waals surface area (Å²) in [5.74, 6) is 2.63. The van der Waals surface area contributed by atoms with E-state index in [9.17, 15) is 0 Å². The van der Waals surface area contributed by atoms with E-state index in [1.54, 1.807) is 5.57 Å². The maximum atomic E-state index is 4.58. The zero-order valence-corrected chi connectivity index (χ0v) is 19.7. The van der Waals surface area contributed by atoms with E-state index in [-0.39, 0.29) is 0 Å². The minimum absolute atomic E-state index is 0.560. The van der Waals surface area contributed by atoms with Crippen LogP contribution in [0.4, 0.5) is 0 Å². The molecule has 0 amide bonds. The average molecular weight is 400 g/mol. The van der Waals surface area contributed by atoms with Crippen molar-refractivity contribution in [2.24, 2.45) is 23.7 Å². The van der Waals surface area contributed by atoms with Crippen LogP contribution >= 0.6 is 0 Å². The van der Waals surface area contributed by atoms with Crippen molar-refractivity contribution in [1.82, 2.24) is 0 Å². The van der Waals surface area contributed by atoms with Crippen molar-refractivity contribution in [2.75, 3.05) is 0 Å². The van der Waals surface area contributed by atoms with Crippen molar-refractivity contribution >= 4 is 7.85 Å². The zero-order valence-electron chi connectivity index (χ0n) is 19.7. The third kappa shape index (κ3) is 5.29. The zero-order chi connectivity index (χ0) is 21.7. The average Bonchev–Trinajstić information content (AvgIpc) is 2.76. The van der Waals surface area contributed by atoms with E-state index < -0.39 is 0 Å². The number of hydrogen-bond donors (Lipinski definition) is 0. The first kappa shape index (κ1) is 22.9. The maximum absolute atomic E-state index is 4.58. The molecule has 0 saturated carbocycles. The smallest absolute Gasteiger partial charge is 0.0952 e. The molecule has 0 fully saturated rings. The lowest BCUT2D eigenvalue weighted by atomic mass is 9.63. The molecule has 30 heavy (non-hydrogen) atoms. The molecule has 0 N–H and O–H groups in total. The molecule has 0 spiro atoms. The Morgan fingerprint density at radius 3 is 2.60 bits per heavy atom. The number of hydrogen-bond acceptors (Lipinski definition) is 0. The Bertz CT molecular complexity index is 796. The highest BCUT2D eigenvalue weighted by Crippen LogP contribution is 2.48. The van der Waals surface area contributed by atoms with Crippen molar-refractivity contribution in [3.63, 3.8) is 0 Å². The fourth-order valence-corrected chi connectivity index (χ4v) is 5.68. The van der Waals surface area contributed by atoms with E-state index in [4.69, 9.17) is 0 Å². The molecule has 3 rings (SSSR count). The van der Waals surface area contributed by atoms with Crippen LogP contribution in [0.25, 0.3) is 0 Å². The fraction of sp³-hybridized carbons (Fsp3) is 0.517. The molecule has 0 heterocycles. The van der Waals surface area contributed by atoms with Crippen molar-refractivity contribution in [3.05, 3.63) is 83.5 Å². The Hall–Kier alpha value is -1.76. The summed E-state index contributed by atoms with van der Waals surface area (Å²) in [7, 11) is 2.24. The van der Waals surface area contributed by atoms with Crippen LogP contribution in [-0.4, -0.2) is 7.85 Å². The molecule has 0 saturated heterocycles. The molecule has 0 radical (unpaired) electrons. The van der Waals surface area contributed by atoms with Gasteiger partial charge in [-0.2, -0.15) is 0 Å². The molecule has 0 aromatic rings. The number of allylic oxidation sites excluding steroid dienone is 11. The normalized spacial score (nSPS) is 26.0. The van der Waals surface area contributed by atoms with Crippen LogP contribution in [-0.2, 0) is 0 Å². The molecule has 0 aromatic heterocycles. The van der Waals surface area contributed by atoms with Gasteiger partial charge in [0.1, 0.15) is 7.85 Å². The molecule has 2 unspecified atom stereocenters. The van der Waals surface area contributed by atoms with E-state index in [0.717, 1.165) is 24.3 Å². The summed E-state index contributed by atoms with van der Waals surface area (Å²) < 4.78 is 0. The molecule has 3 aliphatic rings. The topological polar surface area (TPSA) is 0 Å². The second-order valence-electron chi connectivity index (χ2n) is 9.78. The predicted molar refractivity (Wildman–Crippen MR) is 136 cm³/mol. The van der Waals surface area contributed by atoms with E-state index in [2.05, 4.69) is 71.8 Å². The van der Waals surface area contributed by atoms with Gasteiger partial charge in [-0.25, -0.2) is 0 Å². The molecule has 3 aliphatic carbocycles. The van der Waals surface area contributed by atoms with Gasteiger partial charge < -0.3 is 0 Å². The number of fused-ring (bicyclic) bond motifs is 1. The summed E-state index contributed by atoms with van der Waals surface area (Å²) in [6, 6.07) is 0. The minimum atomic E-state index is 0.560. The Kier molecular flexibility index (Phi) is 8.03. The Balaban J connectivity index is 1.80. The minimum Gasteiger partial charge on any atom is -0.0952 e. The maximum Gasteiger partial charge on any atom is 0.138 e. The highest BCUT2D eigenvalue weighted by molar-refractivity contribution is 6.23. The summed E-state index contributed by atoms with van der Waals surface area (Å²) >= 11 is 0. The van der Waals surface area contributed by atoms with Gasteiger partial charge in [0.05, 0.1) is 0 Å². The molecular weight excluding hydrogens is 359 g/mol. The lowest BCUT2D eigenvalue weighted by Crippen LogP contribution is -2.31. The van der Waals surface area contributed by atoms with Gasteiger partial charge >= 0.3 is 0 Å². The lowest BCUT2D eigenvalue weighted by Gasteiger charge is -2.41.